The summed E-state index contributed by atoms with van der Waals surface area (Å²) < 4.78 is 1.32. The summed E-state index contributed by atoms with van der Waals surface area (Å²) in [6.45, 7) is 1.38. The van der Waals surface area contributed by atoms with Crippen LogP contribution in [-0.2, 0) is 0 Å². The fourth-order valence-electron chi connectivity index (χ4n) is 1.30. The van der Waals surface area contributed by atoms with Crippen LogP contribution in [0.15, 0.2) is 30.5 Å². The van der Waals surface area contributed by atoms with E-state index in [4.69, 9.17) is 0 Å². The molecule has 0 spiro atoms. The second-order valence-corrected chi connectivity index (χ2v) is 3.38. The number of benzene rings is 1. The molecule has 86 valence electrons. The molecule has 2 rings (SSSR count). The average Bonchev–Trinajstić information content (AvgIpc) is 2.78. The van der Waals surface area contributed by atoms with Gasteiger partial charge in [-0.25, -0.2) is 4.68 Å². The molecule has 1 heterocycles. The molecule has 0 saturated carbocycles. The highest BCUT2D eigenvalue weighted by atomic mass is 16.6. The van der Waals surface area contributed by atoms with Crippen LogP contribution in [0.3, 0.4) is 0 Å². The van der Waals surface area contributed by atoms with Crippen molar-refractivity contribution in [2.75, 3.05) is 0 Å². The van der Waals surface area contributed by atoms with E-state index in [-0.39, 0.29) is 17.2 Å². The normalized spacial score (nSPS) is 10.2. The third-order valence-corrected chi connectivity index (χ3v) is 2.16. The second kappa shape index (κ2) is 4.12. The smallest absolute Gasteiger partial charge is 0.271 e. The summed E-state index contributed by atoms with van der Waals surface area (Å²) in [5.74, 6) is -0.207. The predicted octanol–water partition coefficient (Wildman–Crippen LogP) is 1.38. The Morgan fingerprint density at radius 3 is 2.82 bits per heavy atom. The molecule has 0 aliphatic heterocycles. The number of rotatable bonds is 3. The highest BCUT2D eigenvalue weighted by Gasteiger charge is 2.10. The molecule has 2 aromatic rings. The van der Waals surface area contributed by atoms with Crippen molar-refractivity contribution in [2.45, 2.75) is 6.92 Å². The van der Waals surface area contributed by atoms with Gasteiger partial charge in [0.05, 0.1) is 16.8 Å². The Kier molecular flexibility index (Phi) is 2.65. The zero-order valence-corrected chi connectivity index (χ0v) is 8.90. The van der Waals surface area contributed by atoms with Gasteiger partial charge in [-0.3, -0.25) is 14.9 Å². The van der Waals surface area contributed by atoms with Crippen molar-refractivity contribution in [3.05, 3.63) is 46.3 Å². The number of non-ortho nitro benzene ring substituents is 1. The molecule has 7 heteroatoms. The summed E-state index contributed by atoms with van der Waals surface area (Å²) in [6, 6.07) is 5.93. The predicted molar refractivity (Wildman–Crippen MR) is 58.0 cm³/mol. The number of ketones is 1. The van der Waals surface area contributed by atoms with Gasteiger partial charge in [0, 0.05) is 19.1 Å². The molecule has 0 atom stereocenters. The van der Waals surface area contributed by atoms with Crippen LogP contribution >= 0.6 is 0 Å². The molecule has 0 bridgehead atoms. The standard InChI is InChI=1S/C10H8N4O3/c1-7(15)10-6-13(12-11-10)8-3-2-4-9(5-8)14(16)17/h2-6H,1H3. The molecule has 17 heavy (non-hydrogen) atoms. The Bertz CT molecular complexity index is 591. The highest BCUT2D eigenvalue weighted by Crippen LogP contribution is 2.15. The Hall–Kier alpha value is -2.57. The number of carbonyl (C=O) groups excluding carboxylic acids is 1. The number of nitro groups is 1. The van der Waals surface area contributed by atoms with E-state index in [1.807, 2.05) is 0 Å². The molecule has 0 aliphatic carbocycles. The van der Waals surface area contributed by atoms with Gasteiger partial charge in [-0.05, 0) is 6.07 Å². The van der Waals surface area contributed by atoms with Gasteiger partial charge in [0.15, 0.2) is 5.78 Å². The van der Waals surface area contributed by atoms with E-state index in [0.717, 1.165) is 0 Å². The van der Waals surface area contributed by atoms with Crippen molar-refractivity contribution in [1.82, 2.24) is 15.0 Å². The minimum atomic E-state index is -0.494. The first-order chi connectivity index (χ1) is 8.08. The largest absolute Gasteiger partial charge is 0.293 e. The Labute approximate surface area is 95.8 Å². The van der Waals surface area contributed by atoms with Crippen LogP contribution in [0, 0.1) is 10.1 Å². The van der Waals surface area contributed by atoms with E-state index in [1.54, 1.807) is 12.1 Å². The minimum Gasteiger partial charge on any atom is -0.293 e. The second-order valence-electron chi connectivity index (χ2n) is 3.38. The van der Waals surface area contributed by atoms with E-state index in [1.165, 1.54) is 29.9 Å². The van der Waals surface area contributed by atoms with E-state index >= 15 is 0 Å². The van der Waals surface area contributed by atoms with E-state index < -0.39 is 4.92 Å². The minimum absolute atomic E-state index is 0.0395. The van der Waals surface area contributed by atoms with Crippen molar-refractivity contribution < 1.29 is 9.72 Å². The Morgan fingerprint density at radius 1 is 1.47 bits per heavy atom. The summed E-state index contributed by atoms with van der Waals surface area (Å²) in [7, 11) is 0. The van der Waals surface area contributed by atoms with Crippen LogP contribution < -0.4 is 0 Å². The molecule has 0 aliphatic rings. The number of nitro benzene ring substituents is 1. The first kappa shape index (κ1) is 10.9. The van der Waals surface area contributed by atoms with Gasteiger partial charge < -0.3 is 0 Å². The first-order valence-corrected chi connectivity index (χ1v) is 4.76. The third-order valence-electron chi connectivity index (χ3n) is 2.16. The van der Waals surface area contributed by atoms with Crippen molar-refractivity contribution in [3.8, 4) is 5.69 Å². The van der Waals surface area contributed by atoms with Gasteiger partial charge in [-0.2, -0.15) is 0 Å². The summed E-state index contributed by atoms with van der Waals surface area (Å²) in [6.07, 6.45) is 1.43. The molecule has 0 saturated heterocycles. The topological polar surface area (TPSA) is 90.9 Å². The van der Waals surface area contributed by atoms with Crippen molar-refractivity contribution >= 4 is 11.5 Å². The third kappa shape index (κ3) is 2.17. The highest BCUT2D eigenvalue weighted by molar-refractivity contribution is 5.91. The van der Waals surface area contributed by atoms with E-state index in [9.17, 15) is 14.9 Å². The number of hydrogen-bond acceptors (Lipinski definition) is 5. The monoisotopic (exact) mass is 232 g/mol. The van der Waals surface area contributed by atoms with Crippen LogP contribution in [0.5, 0.6) is 0 Å². The summed E-state index contributed by atoms with van der Waals surface area (Å²) in [5.41, 5.74) is 0.665. The molecule has 0 unspecified atom stereocenters. The van der Waals surface area contributed by atoms with Crippen LogP contribution in [-0.4, -0.2) is 25.7 Å². The maximum Gasteiger partial charge on any atom is 0.271 e. The molecule has 7 nitrogen and oxygen atoms in total. The van der Waals surface area contributed by atoms with Crippen molar-refractivity contribution in [3.63, 3.8) is 0 Å². The number of hydrogen-bond donors (Lipinski definition) is 0. The van der Waals surface area contributed by atoms with Crippen LogP contribution in [0.1, 0.15) is 17.4 Å². The fourth-order valence-corrected chi connectivity index (χ4v) is 1.30. The molecule has 1 aromatic carbocycles. The van der Waals surface area contributed by atoms with Crippen LogP contribution in [0.25, 0.3) is 5.69 Å². The maximum atomic E-state index is 11.0. The van der Waals surface area contributed by atoms with Crippen molar-refractivity contribution in [1.29, 1.82) is 0 Å². The van der Waals surface area contributed by atoms with E-state index in [2.05, 4.69) is 10.3 Å². The lowest BCUT2D eigenvalue weighted by molar-refractivity contribution is -0.384. The van der Waals surface area contributed by atoms with Gasteiger partial charge in [-0.15, -0.1) is 5.10 Å². The lowest BCUT2D eigenvalue weighted by Crippen LogP contribution is -1.96. The van der Waals surface area contributed by atoms with Crippen molar-refractivity contribution in [2.24, 2.45) is 0 Å². The molecular formula is C10H8N4O3. The lowest BCUT2D eigenvalue weighted by atomic mass is 10.3. The molecule has 0 fully saturated rings. The van der Waals surface area contributed by atoms with Gasteiger partial charge >= 0.3 is 0 Å². The fraction of sp³-hybridized carbons (Fsp3) is 0.100. The zero-order valence-electron chi connectivity index (χ0n) is 8.90. The van der Waals surface area contributed by atoms with E-state index in [0.29, 0.717) is 5.69 Å². The summed E-state index contributed by atoms with van der Waals surface area (Å²) in [5, 5.41) is 18.0. The van der Waals surface area contributed by atoms with Gasteiger partial charge in [0.2, 0.25) is 0 Å². The molecular weight excluding hydrogens is 224 g/mol. The molecule has 1 aromatic heterocycles. The Balaban J connectivity index is 2.42. The first-order valence-electron chi connectivity index (χ1n) is 4.76. The number of carbonyl (C=O) groups is 1. The number of nitrogens with zero attached hydrogens (tertiary/aromatic N) is 4. The van der Waals surface area contributed by atoms with Crippen LogP contribution in [0.2, 0.25) is 0 Å². The van der Waals surface area contributed by atoms with Crippen LogP contribution in [0.4, 0.5) is 5.69 Å². The summed E-state index contributed by atoms with van der Waals surface area (Å²) in [4.78, 5) is 21.2. The SMILES string of the molecule is CC(=O)c1cn(-c2cccc([N+](=O)[O-])c2)nn1. The zero-order chi connectivity index (χ0) is 12.4. The number of aromatic nitrogens is 3. The molecule has 0 radical (unpaired) electrons. The molecule has 0 N–H and O–H groups in total. The Morgan fingerprint density at radius 2 is 2.24 bits per heavy atom. The molecule has 0 amide bonds. The van der Waals surface area contributed by atoms with Gasteiger partial charge in [0.25, 0.3) is 5.69 Å². The summed E-state index contributed by atoms with van der Waals surface area (Å²) >= 11 is 0. The van der Waals surface area contributed by atoms with Gasteiger partial charge in [0.1, 0.15) is 5.69 Å². The lowest BCUT2D eigenvalue weighted by Gasteiger charge is -1.98. The number of Topliss-reactive ketones (excluding diaryl/α,β-unsaturated/α-hetero) is 1. The maximum absolute atomic E-state index is 11.0. The van der Waals surface area contributed by atoms with Gasteiger partial charge in [-0.1, -0.05) is 11.3 Å². The quantitative estimate of drug-likeness (QED) is 0.453. The average molecular weight is 232 g/mol.